The molecular weight excluding hydrogens is 340 g/mol. The van der Waals surface area contributed by atoms with Gasteiger partial charge < -0.3 is 15.3 Å². The first kappa shape index (κ1) is 23.6. The quantitative estimate of drug-likeness (QED) is 0.334. The number of unbranched alkanes of at least 4 members (excludes halogenated alkanes) is 2. The number of aliphatic hydroxyl groups is 2. The molecule has 1 aliphatic carbocycles. The molecule has 4 nitrogen and oxygen atoms in total. The fourth-order valence-corrected chi connectivity index (χ4v) is 3.69. The monoisotopic (exact) mass is 378 g/mol. The lowest BCUT2D eigenvalue weighted by atomic mass is 9.80. The van der Waals surface area contributed by atoms with E-state index in [0.717, 1.165) is 37.7 Å². The van der Waals surface area contributed by atoms with E-state index >= 15 is 0 Å². The number of hydrogen-bond acceptors (Lipinski definition) is 3. The second-order valence-electron chi connectivity index (χ2n) is 8.53. The number of carboxylic acid groups (broad SMARTS) is 1. The summed E-state index contributed by atoms with van der Waals surface area (Å²) in [6, 6.07) is 0. The lowest BCUT2D eigenvalue weighted by Gasteiger charge is -2.29. The minimum atomic E-state index is -0.763. The Labute approximate surface area is 164 Å². The maximum Gasteiger partial charge on any atom is 0.303 e. The van der Waals surface area contributed by atoms with E-state index in [9.17, 15) is 15.0 Å². The van der Waals surface area contributed by atoms with E-state index < -0.39 is 18.2 Å². The topological polar surface area (TPSA) is 77.8 Å². The molecule has 1 fully saturated rings. The maximum atomic E-state index is 10.6. The van der Waals surface area contributed by atoms with Gasteiger partial charge in [0, 0.05) is 12.3 Å². The molecule has 27 heavy (non-hydrogen) atoms. The summed E-state index contributed by atoms with van der Waals surface area (Å²) in [5.41, 5.74) is 0.874. The number of rotatable bonds is 12. The standard InChI is InChI=1S/C23H38O4/c1-5-6-15-23(3,4)21(25)14-13-19-18(17(2)16-20(19)24)11-9-7-8-10-12-22(26)27/h7,9,13-14,18-21,24-25H,2,5-6,8,10-12,15-16H2,1,3-4H3,(H,26,27)/b9-7+,14-13+/t18-,19+,20+,21+/m0/s1. The number of aliphatic hydroxyl groups excluding tert-OH is 2. The summed E-state index contributed by atoms with van der Waals surface area (Å²) in [5.74, 6) is -0.628. The molecule has 0 unspecified atom stereocenters. The highest BCUT2D eigenvalue weighted by atomic mass is 16.4. The van der Waals surface area contributed by atoms with Crippen LogP contribution in [0, 0.1) is 17.3 Å². The molecule has 0 saturated heterocycles. The van der Waals surface area contributed by atoms with Gasteiger partial charge in [-0.15, -0.1) is 0 Å². The first-order chi connectivity index (χ1) is 12.7. The SMILES string of the molecule is C=C1C[C@@H](O)[C@H](/C=C/[C@@H](O)C(C)(C)CCCC)[C@H]1C/C=C/CCCC(=O)O. The molecule has 0 aliphatic heterocycles. The summed E-state index contributed by atoms with van der Waals surface area (Å²) < 4.78 is 0. The molecule has 0 bridgehead atoms. The Morgan fingerprint density at radius 1 is 1.33 bits per heavy atom. The molecule has 154 valence electrons. The zero-order valence-corrected chi connectivity index (χ0v) is 17.2. The first-order valence-corrected chi connectivity index (χ1v) is 10.3. The zero-order chi connectivity index (χ0) is 20.4. The van der Waals surface area contributed by atoms with E-state index in [1.807, 2.05) is 18.2 Å². The van der Waals surface area contributed by atoms with E-state index in [1.54, 1.807) is 0 Å². The summed E-state index contributed by atoms with van der Waals surface area (Å²) in [6.45, 7) is 10.4. The third kappa shape index (κ3) is 8.02. The molecule has 0 radical (unpaired) electrons. The molecule has 0 aromatic rings. The van der Waals surface area contributed by atoms with Crippen LogP contribution in [0.1, 0.15) is 72.1 Å². The molecule has 1 rings (SSSR count). The van der Waals surface area contributed by atoms with Gasteiger partial charge in [-0.2, -0.15) is 0 Å². The Hall–Kier alpha value is -1.39. The van der Waals surface area contributed by atoms with Crippen molar-refractivity contribution in [1.82, 2.24) is 0 Å². The fraction of sp³-hybridized carbons (Fsp3) is 0.696. The van der Waals surface area contributed by atoms with E-state index in [1.165, 1.54) is 0 Å². The van der Waals surface area contributed by atoms with Gasteiger partial charge in [-0.25, -0.2) is 0 Å². The Kier molecular flexibility index (Phi) is 10.0. The molecule has 4 heteroatoms. The van der Waals surface area contributed by atoms with Crippen LogP contribution in [-0.2, 0) is 4.79 Å². The van der Waals surface area contributed by atoms with Crippen molar-refractivity contribution >= 4 is 5.97 Å². The second kappa shape index (κ2) is 11.5. The van der Waals surface area contributed by atoms with Gasteiger partial charge in [0.2, 0.25) is 0 Å². The minimum absolute atomic E-state index is 0.0298. The Morgan fingerprint density at radius 2 is 2.04 bits per heavy atom. The first-order valence-electron chi connectivity index (χ1n) is 10.3. The lowest BCUT2D eigenvalue weighted by molar-refractivity contribution is -0.137. The predicted octanol–water partition coefficient (Wildman–Crippen LogP) is 4.87. The van der Waals surface area contributed by atoms with Crippen LogP contribution in [0.25, 0.3) is 0 Å². The molecule has 1 aliphatic rings. The Bertz CT molecular complexity index is 532. The highest BCUT2D eigenvalue weighted by Gasteiger charge is 2.35. The van der Waals surface area contributed by atoms with Crippen LogP contribution in [0.5, 0.6) is 0 Å². The third-order valence-electron chi connectivity index (χ3n) is 5.71. The largest absolute Gasteiger partial charge is 0.481 e. The number of aliphatic carboxylic acids is 1. The number of carbonyl (C=O) groups is 1. The van der Waals surface area contributed by atoms with Gasteiger partial charge in [0.25, 0.3) is 0 Å². The van der Waals surface area contributed by atoms with E-state index in [-0.39, 0.29) is 23.7 Å². The van der Waals surface area contributed by atoms with Crippen LogP contribution < -0.4 is 0 Å². The maximum absolute atomic E-state index is 10.6. The van der Waals surface area contributed by atoms with E-state index in [4.69, 9.17) is 5.11 Å². The van der Waals surface area contributed by atoms with Crippen LogP contribution in [0.3, 0.4) is 0 Å². The van der Waals surface area contributed by atoms with Crippen molar-refractivity contribution in [3.05, 3.63) is 36.5 Å². The third-order valence-corrected chi connectivity index (χ3v) is 5.71. The molecule has 0 aromatic heterocycles. The normalized spacial score (nSPS) is 24.9. The van der Waals surface area contributed by atoms with Crippen molar-refractivity contribution in [1.29, 1.82) is 0 Å². The molecule has 3 N–H and O–H groups in total. The van der Waals surface area contributed by atoms with E-state index in [0.29, 0.717) is 12.8 Å². The second-order valence-corrected chi connectivity index (χ2v) is 8.53. The van der Waals surface area contributed by atoms with E-state index in [2.05, 4.69) is 33.4 Å². The van der Waals surface area contributed by atoms with Gasteiger partial charge in [-0.3, -0.25) is 4.79 Å². The van der Waals surface area contributed by atoms with Crippen molar-refractivity contribution in [3.63, 3.8) is 0 Å². The molecule has 0 amide bonds. The van der Waals surface area contributed by atoms with Gasteiger partial charge >= 0.3 is 5.97 Å². The summed E-state index contributed by atoms with van der Waals surface area (Å²) in [5, 5.41) is 29.6. The highest BCUT2D eigenvalue weighted by Crippen LogP contribution is 2.40. The van der Waals surface area contributed by atoms with Crippen molar-refractivity contribution in [3.8, 4) is 0 Å². The Morgan fingerprint density at radius 3 is 2.67 bits per heavy atom. The van der Waals surface area contributed by atoms with Gasteiger partial charge in [0.05, 0.1) is 12.2 Å². The summed E-state index contributed by atoms with van der Waals surface area (Å²) in [7, 11) is 0. The van der Waals surface area contributed by atoms with Gasteiger partial charge in [0.15, 0.2) is 0 Å². The number of carboxylic acids is 1. The summed E-state index contributed by atoms with van der Waals surface area (Å²) >= 11 is 0. The zero-order valence-electron chi connectivity index (χ0n) is 17.2. The molecule has 0 heterocycles. The fourth-order valence-electron chi connectivity index (χ4n) is 3.69. The van der Waals surface area contributed by atoms with Crippen LogP contribution in [0.2, 0.25) is 0 Å². The average Bonchev–Trinajstić information content (AvgIpc) is 2.86. The van der Waals surface area contributed by atoms with Gasteiger partial charge in [-0.1, -0.05) is 70.1 Å². The number of hydrogen-bond donors (Lipinski definition) is 3. The summed E-state index contributed by atoms with van der Waals surface area (Å²) in [6.07, 6.45) is 13.1. The van der Waals surface area contributed by atoms with Gasteiger partial charge in [0.1, 0.15) is 0 Å². The smallest absolute Gasteiger partial charge is 0.303 e. The van der Waals surface area contributed by atoms with Crippen LogP contribution in [-0.4, -0.2) is 33.5 Å². The van der Waals surface area contributed by atoms with Crippen molar-refractivity contribution in [2.75, 3.05) is 0 Å². The molecule has 0 spiro atoms. The highest BCUT2D eigenvalue weighted by molar-refractivity contribution is 5.66. The van der Waals surface area contributed by atoms with Crippen LogP contribution in [0.15, 0.2) is 36.5 Å². The van der Waals surface area contributed by atoms with Crippen molar-refractivity contribution < 1.29 is 20.1 Å². The number of allylic oxidation sites excluding steroid dienone is 2. The molecular formula is C23H38O4. The van der Waals surface area contributed by atoms with Crippen LogP contribution in [0.4, 0.5) is 0 Å². The molecule has 1 saturated carbocycles. The average molecular weight is 379 g/mol. The summed E-state index contributed by atoms with van der Waals surface area (Å²) in [4.78, 5) is 10.5. The molecule has 0 aromatic carbocycles. The predicted molar refractivity (Wildman–Crippen MR) is 110 cm³/mol. The minimum Gasteiger partial charge on any atom is -0.481 e. The Balaban J connectivity index is 2.63. The van der Waals surface area contributed by atoms with Crippen LogP contribution >= 0.6 is 0 Å². The van der Waals surface area contributed by atoms with Crippen molar-refractivity contribution in [2.24, 2.45) is 17.3 Å². The molecule has 4 atom stereocenters. The van der Waals surface area contributed by atoms with Gasteiger partial charge in [-0.05, 0) is 43.4 Å². The van der Waals surface area contributed by atoms with Crippen molar-refractivity contribution in [2.45, 2.75) is 84.3 Å². The lowest BCUT2D eigenvalue weighted by Crippen LogP contribution is -2.28.